The summed E-state index contributed by atoms with van der Waals surface area (Å²) in [6, 6.07) is 13.9. The first kappa shape index (κ1) is 20.4. The number of carbonyl (C=O) groups is 1. The predicted octanol–water partition coefficient (Wildman–Crippen LogP) is 2.35. The molecule has 4 rings (SSSR count). The van der Waals surface area contributed by atoms with Crippen LogP contribution < -0.4 is 10.1 Å². The molecule has 1 N–H and O–H groups in total. The summed E-state index contributed by atoms with van der Waals surface area (Å²) in [5.41, 5.74) is 2.17. The number of hydrogen-bond donors (Lipinski definition) is 1. The Morgan fingerprint density at radius 2 is 1.97 bits per heavy atom. The molecule has 30 heavy (non-hydrogen) atoms. The normalized spacial score (nSPS) is 16.6. The van der Waals surface area contributed by atoms with Gasteiger partial charge in [-0.2, -0.15) is 9.57 Å². The Balaban J connectivity index is 1.49. The van der Waals surface area contributed by atoms with E-state index in [4.69, 9.17) is 10.00 Å². The lowest BCUT2D eigenvalue weighted by molar-refractivity contribution is -0.121. The summed E-state index contributed by atoms with van der Waals surface area (Å²) in [6.45, 7) is 0.682. The van der Waals surface area contributed by atoms with Crippen molar-refractivity contribution in [2.24, 2.45) is 0 Å². The molecule has 0 spiro atoms. The number of hydrogen-bond acceptors (Lipinski definition) is 5. The molecule has 0 unspecified atom stereocenters. The van der Waals surface area contributed by atoms with Crippen molar-refractivity contribution in [1.29, 1.82) is 5.26 Å². The maximum atomic E-state index is 13.1. The van der Waals surface area contributed by atoms with E-state index in [1.165, 1.54) is 28.6 Å². The van der Waals surface area contributed by atoms with Crippen LogP contribution >= 0.6 is 0 Å². The zero-order valence-corrected chi connectivity index (χ0v) is 17.3. The zero-order chi connectivity index (χ0) is 21.1. The molecule has 8 heteroatoms. The number of aryl methyl sites for hydroxylation is 1. The van der Waals surface area contributed by atoms with Crippen LogP contribution in [0.3, 0.4) is 0 Å². The summed E-state index contributed by atoms with van der Waals surface area (Å²) in [4.78, 5) is 12.1. The third-order valence-electron chi connectivity index (χ3n) is 5.27. The van der Waals surface area contributed by atoms with E-state index in [2.05, 4.69) is 5.32 Å². The number of nitriles is 1. The van der Waals surface area contributed by atoms with Gasteiger partial charge in [-0.25, -0.2) is 8.42 Å². The minimum Gasteiger partial charge on any atom is -0.492 e. The molecule has 0 aromatic heterocycles. The van der Waals surface area contributed by atoms with Gasteiger partial charge in [-0.1, -0.05) is 12.1 Å². The average molecular weight is 426 g/mol. The molecule has 0 saturated heterocycles. The molecule has 0 radical (unpaired) electrons. The molecular weight excluding hydrogens is 402 g/mol. The summed E-state index contributed by atoms with van der Waals surface area (Å²) in [6.07, 6.45) is 3.12. The van der Waals surface area contributed by atoms with Gasteiger partial charge in [0, 0.05) is 31.1 Å². The van der Waals surface area contributed by atoms with Crippen LogP contribution in [0.2, 0.25) is 0 Å². The van der Waals surface area contributed by atoms with Gasteiger partial charge in [0.2, 0.25) is 15.9 Å². The highest BCUT2D eigenvalue weighted by Gasteiger charge is 2.28. The molecular formula is C22H23N3O4S. The maximum Gasteiger partial charge on any atom is 0.243 e. The molecule has 0 bridgehead atoms. The van der Waals surface area contributed by atoms with Crippen LogP contribution in [0.15, 0.2) is 47.4 Å². The van der Waals surface area contributed by atoms with Crippen molar-refractivity contribution >= 4 is 15.9 Å². The van der Waals surface area contributed by atoms with Crippen LogP contribution in [0.1, 0.15) is 36.0 Å². The van der Waals surface area contributed by atoms with Crippen molar-refractivity contribution in [3.8, 4) is 11.8 Å². The van der Waals surface area contributed by atoms with Crippen molar-refractivity contribution in [3.05, 3.63) is 59.2 Å². The summed E-state index contributed by atoms with van der Waals surface area (Å²) >= 11 is 0. The van der Waals surface area contributed by atoms with Crippen LogP contribution in [0.5, 0.6) is 5.75 Å². The Hall–Kier alpha value is -2.89. The fraction of sp³-hybridized carbons (Fsp3) is 0.364. The predicted molar refractivity (Wildman–Crippen MR) is 110 cm³/mol. The van der Waals surface area contributed by atoms with Crippen LogP contribution in [-0.2, 0) is 27.8 Å². The topological polar surface area (TPSA) is 99.5 Å². The van der Waals surface area contributed by atoms with E-state index in [1.807, 2.05) is 24.3 Å². The van der Waals surface area contributed by atoms with Gasteiger partial charge in [-0.3, -0.25) is 4.79 Å². The largest absolute Gasteiger partial charge is 0.492 e. The molecule has 1 aliphatic carbocycles. The number of sulfonamides is 1. The van der Waals surface area contributed by atoms with Crippen molar-refractivity contribution in [1.82, 2.24) is 9.62 Å². The molecule has 1 aliphatic heterocycles. The van der Waals surface area contributed by atoms with Gasteiger partial charge < -0.3 is 10.1 Å². The second-order valence-corrected chi connectivity index (χ2v) is 9.55. The Morgan fingerprint density at radius 1 is 1.20 bits per heavy atom. The van der Waals surface area contributed by atoms with E-state index in [0.717, 1.165) is 24.0 Å². The maximum absolute atomic E-state index is 13.1. The third-order valence-corrected chi connectivity index (χ3v) is 7.13. The van der Waals surface area contributed by atoms with Gasteiger partial charge in [-0.05, 0) is 55.2 Å². The van der Waals surface area contributed by atoms with Crippen LogP contribution in [0, 0.1) is 11.3 Å². The number of nitrogens with zero attached hydrogens (tertiary/aromatic N) is 2. The SMILES string of the molecule is N#Cc1ccc(S(=O)(=O)N2CCOc3ccc(CCC(=O)NC4CC4)cc3C2)cc1. The minimum atomic E-state index is -3.72. The lowest BCUT2D eigenvalue weighted by atomic mass is 10.1. The first-order chi connectivity index (χ1) is 14.5. The highest BCUT2D eigenvalue weighted by atomic mass is 32.2. The second kappa shape index (κ2) is 8.46. The quantitative estimate of drug-likeness (QED) is 0.766. The van der Waals surface area contributed by atoms with Gasteiger partial charge in [0.15, 0.2) is 0 Å². The Bertz CT molecular complexity index is 1090. The Labute approximate surface area is 176 Å². The number of benzene rings is 2. The number of rotatable bonds is 6. The lowest BCUT2D eigenvalue weighted by Gasteiger charge is -2.19. The molecule has 0 atom stereocenters. The molecule has 1 heterocycles. The van der Waals surface area contributed by atoms with Gasteiger partial charge in [0.25, 0.3) is 0 Å². The van der Waals surface area contributed by atoms with Gasteiger partial charge in [-0.15, -0.1) is 0 Å². The van der Waals surface area contributed by atoms with Crippen LogP contribution in [-0.4, -0.2) is 37.8 Å². The van der Waals surface area contributed by atoms with E-state index in [1.54, 1.807) is 0 Å². The van der Waals surface area contributed by atoms with Gasteiger partial charge in [0.1, 0.15) is 12.4 Å². The number of ether oxygens (including phenoxy) is 1. The average Bonchev–Trinajstić information content (AvgIpc) is 3.58. The third kappa shape index (κ3) is 4.64. The molecule has 1 saturated carbocycles. The minimum absolute atomic E-state index is 0.0497. The highest BCUT2D eigenvalue weighted by molar-refractivity contribution is 7.89. The fourth-order valence-corrected chi connectivity index (χ4v) is 4.82. The first-order valence-electron chi connectivity index (χ1n) is 10.00. The Kier molecular flexibility index (Phi) is 5.75. The van der Waals surface area contributed by atoms with Gasteiger partial charge >= 0.3 is 0 Å². The molecule has 156 valence electrons. The van der Waals surface area contributed by atoms with E-state index in [0.29, 0.717) is 30.2 Å². The number of fused-ring (bicyclic) bond motifs is 1. The fourth-order valence-electron chi connectivity index (χ4n) is 3.42. The van der Waals surface area contributed by atoms with Crippen molar-refractivity contribution in [3.63, 3.8) is 0 Å². The number of carbonyl (C=O) groups excluding carboxylic acids is 1. The molecule has 1 amide bonds. The first-order valence-corrected chi connectivity index (χ1v) is 11.4. The van der Waals surface area contributed by atoms with Gasteiger partial charge in [0.05, 0.1) is 16.5 Å². The van der Waals surface area contributed by atoms with Crippen molar-refractivity contribution in [2.45, 2.75) is 43.2 Å². The lowest BCUT2D eigenvalue weighted by Crippen LogP contribution is -2.32. The Morgan fingerprint density at radius 3 is 2.67 bits per heavy atom. The zero-order valence-electron chi connectivity index (χ0n) is 16.5. The van der Waals surface area contributed by atoms with Crippen molar-refractivity contribution < 1.29 is 17.9 Å². The summed E-state index contributed by atoms with van der Waals surface area (Å²) in [5, 5.41) is 11.9. The smallest absolute Gasteiger partial charge is 0.243 e. The van der Waals surface area contributed by atoms with E-state index >= 15 is 0 Å². The number of amides is 1. The number of nitrogens with one attached hydrogen (secondary N) is 1. The summed E-state index contributed by atoms with van der Waals surface area (Å²) < 4.78 is 33.3. The highest BCUT2D eigenvalue weighted by Crippen LogP contribution is 2.28. The van der Waals surface area contributed by atoms with E-state index in [-0.39, 0.29) is 30.5 Å². The molecule has 2 aromatic carbocycles. The molecule has 2 aliphatic rings. The second-order valence-electron chi connectivity index (χ2n) is 7.61. The standard InChI is InChI=1S/C22H23N3O4S/c23-14-17-1-7-20(8-2-17)30(27,28)25-11-12-29-21-9-3-16(13-18(21)15-25)4-10-22(26)24-19-5-6-19/h1-3,7-9,13,19H,4-6,10-12,15H2,(H,24,26). The van der Waals surface area contributed by atoms with E-state index in [9.17, 15) is 13.2 Å². The summed E-state index contributed by atoms with van der Waals surface area (Å²) in [5.74, 6) is 0.715. The molecule has 7 nitrogen and oxygen atoms in total. The van der Waals surface area contributed by atoms with Crippen LogP contribution in [0.4, 0.5) is 0 Å². The van der Waals surface area contributed by atoms with E-state index < -0.39 is 10.0 Å². The molecule has 1 fully saturated rings. The summed E-state index contributed by atoms with van der Waals surface area (Å²) in [7, 11) is -3.72. The van der Waals surface area contributed by atoms with Crippen molar-refractivity contribution in [2.75, 3.05) is 13.2 Å². The monoisotopic (exact) mass is 425 g/mol. The van der Waals surface area contributed by atoms with Crippen LogP contribution in [0.25, 0.3) is 0 Å². The molecule has 2 aromatic rings.